The van der Waals surface area contributed by atoms with Crippen molar-refractivity contribution in [2.24, 2.45) is 23.7 Å². The Hall–Kier alpha value is -1.06. The van der Waals surface area contributed by atoms with Crippen molar-refractivity contribution in [2.45, 2.75) is 51.6 Å². The zero-order chi connectivity index (χ0) is 12.9. The molecule has 18 heavy (non-hydrogen) atoms. The molecule has 0 aromatic heterocycles. The van der Waals surface area contributed by atoms with Crippen molar-refractivity contribution in [2.75, 3.05) is 0 Å². The van der Waals surface area contributed by atoms with Gasteiger partial charge in [-0.05, 0) is 24.7 Å². The van der Waals surface area contributed by atoms with Crippen molar-refractivity contribution in [3.8, 4) is 0 Å². The maximum Gasteiger partial charge on any atom is 0.224 e. The lowest BCUT2D eigenvalue weighted by molar-refractivity contribution is -0.155. The molecular weight excluding hydrogens is 228 g/mol. The molecule has 1 heterocycles. The van der Waals surface area contributed by atoms with Gasteiger partial charge in [0.15, 0.2) is 0 Å². The number of carbonyl (C=O) groups is 2. The van der Waals surface area contributed by atoms with E-state index < -0.39 is 0 Å². The van der Waals surface area contributed by atoms with Crippen molar-refractivity contribution >= 4 is 11.8 Å². The number of carbonyl (C=O) groups excluding carboxylic acids is 2. The molecule has 4 nitrogen and oxygen atoms in total. The topological polar surface area (TPSA) is 58.2 Å². The summed E-state index contributed by atoms with van der Waals surface area (Å²) in [7, 11) is 0. The lowest BCUT2D eigenvalue weighted by atomic mass is 9.57. The first-order chi connectivity index (χ1) is 8.59. The van der Waals surface area contributed by atoms with Crippen LogP contribution >= 0.6 is 0 Å². The second-order valence-electron chi connectivity index (χ2n) is 6.28. The van der Waals surface area contributed by atoms with Crippen molar-refractivity contribution in [3.63, 3.8) is 0 Å². The summed E-state index contributed by atoms with van der Waals surface area (Å²) in [5.74, 6) is 0.641. The Morgan fingerprint density at radius 1 is 0.833 bits per heavy atom. The normalized spacial score (nSPS) is 47.7. The summed E-state index contributed by atoms with van der Waals surface area (Å²) in [6.07, 6.45) is 4.30. The molecule has 3 fully saturated rings. The van der Waals surface area contributed by atoms with Crippen molar-refractivity contribution < 1.29 is 9.59 Å². The molecule has 3 rings (SSSR count). The summed E-state index contributed by atoms with van der Waals surface area (Å²) in [6.45, 7) is 4.16. The van der Waals surface area contributed by atoms with Gasteiger partial charge in [-0.15, -0.1) is 0 Å². The summed E-state index contributed by atoms with van der Waals surface area (Å²) in [6, 6.07) is 0.304. The van der Waals surface area contributed by atoms with Crippen LogP contribution < -0.4 is 10.6 Å². The summed E-state index contributed by atoms with van der Waals surface area (Å²) < 4.78 is 0. The Bertz CT molecular complexity index is 346. The largest absolute Gasteiger partial charge is 0.351 e. The quantitative estimate of drug-likeness (QED) is 0.675. The van der Waals surface area contributed by atoms with E-state index in [-0.39, 0.29) is 35.7 Å². The average molecular weight is 250 g/mol. The van der Waals surface area contributed by atoms with Crippen LogP contribution in [0.4, 0.5) is 0 Å². The summed E-state index contributed by atoms with van der Waals surface area (Å²) in [5, 5.41) is 6.34. The minimum Gasteiger partial charge on any atom is -0.351 e. The third-order valence-electron chi connectivity index (χ3n) is 5.38. The molecule has 3 aliphatic rings. The van der Waals surface area contributed by atoms with E-state index in [9.17, 15) is 9.59 Å². The lowest BCUT2D eigenvalue weighted by Crippen LogP contribution is -2.65. The van der Waals surface area contributed by atoms with E-state index in [0.29, 0.717) is 11.8 Å². The molecule has 100 valence electrons. The molecule has 6 unspecified atom stereocenters. The van der Waals surface area contributed by atoms with Gasteiger partial charge in [0.1, 0.15) is 0 Å². The molecule has 6 atom stereocenters. The van der Waals surface area contributed by atoms with Crippen LogP contribution in [0, 0.1) is 23.7 Å². The zero-order valence-electron chi connectivity index (χ0n) is 11.1. The van der Waals surface area contributed by atoms with Gasteiger partial charge in [-0.25, -0.2) is 0 Å². The Labute approximate surface area is 108 Å². The van der Waals surface area contributed by atoms with E-state index in [1.54, 1.807) is 0 Å². The van der Waals surface area contributed by atoms with Crippen LogP contribution in [0.5, 0.6) is 0 Å². The molecule has 2 aliphatic carbocycles. The maximum absolute atomic E-state index is 12.3. The fraction of sp³-hybridized carbons (Fsp3) is 0.857. The number of hydrogen-bond acceptors (Lipinski definition) is 2. The standard InChI is InChI=1S/C14H22N2O2/c1-7-8(2)12-11(7)13(17)15-9-5-3-4-6-10(9)16-14(12)18/h7-12H,3-6H2,1-2H3,(H,15,17)(H,16,18). The summed E-state index contributed by atoms with van der Waals surface area (Å²) in [4.78, 5) is 24.6. The Morgan fingerprint density at radius 3 is 1.61 bits per heavy atom. The number of amides is 2. The lowest BCUT2D eigenvalue weighted by Gasteiger charge is -2.50. The van der Waals surface area contributed by atoms with Crippen LogP contribution in [0.1, 0.15) is 39.5 Å². The van der Waals surface area contributed by atoms with E-state index in [0.717, 1.165) is 25.7 Å². The summed E-state index contributed by atoms with van der Waals surface area (Å²) >= 11 is 0. The Kier molecular flexibility index (Phi) is 2.83. The fourth-order valence-corrected chi connectivity index (χ4v) is 4.00. The highest BCUT2D eigenvalue weighted by molar-refractivity contribution is 5.91. The molecule has 0 aromatic rings. The smallest absolute Gasteiger partial charge is 0.224 e. The monoisotopic (exact) mass is 250 g/mol. The van der Waals surface area contributed by atoms with E-state index in [1.165, 1.54) is 0 Å². The van der Waals surface area contributed by atoms with Gasteiger partial charge in [0.25, 0.3) is 0 Å². The predicted octanol–water partition coefficient (Wildman–Crippen LogP) is 1.06. The molecule has 0 radical (unpaired) electrons. The highest BCUT2D eigenvalue weighted by Gasteiger charge is 2.54. The van der Waals surface area contributed by atoms with Gasteiger partial charge < -0.3 is 10.6 Å². The predicted molar refractivity (Wildman–Crippen MR) is 67.6 cm³/mol. The van der Waals surface area contributed by atoms with E-state index in [2.05, 4.69) is 24.5 Å². The maximum atomic E-state index is 12.3. The molecule has 2 amide bonds. The van der Waals surface area contributed by atoms with Crippen LogP contribution in [-0.2, 0) is 9.59 Å². The molecule has 2 saturated carbocycles. The first-order valence-corrected chi connectivity index (χ1v) is 7.20. The number of fused-ring (bicyclic) bond motifs is 2. The van der Waals surface area contributed by atoms with E-state index in [4.69, 9.17) is 0 Å². The van der Waals surface area contributed by atoms with E-state index >= 15 is 0 Å². The minimum absolute atomic E-state index is 0.108. The van der Waals surface area contributed by atoms with Gasteiger partial charge >= 0.3 is 0 Å². The van der Waals surface area contributed by atoms with Crippen molar-refractivity contribution in [3.05, 3.63) is 0 Å². The van der Waals surface area contributed by atoms with Crippen molar-refractivity contribution in [1.29, 1.82) is 0 Å². The highest BCUT2D eigenvalue weighted by atomic mass is 16.2. The zero-order valence-corrected chi connectivity index (χ0v) is 11.1. The second-order valence-corrected chi connectivity index (χ2v) is 6.28. The van der Waals surface area contributed by atoms with Gasteiger partial charge in [0, 0.05) is 12.1 Å². The van der Waals surface area contributed by atoms with E-state index in [1.807, 2.05) is 0 Å². The molecule has 0 spiro atoms. The van der Waals surface area contributed by atoms with Gasteiger partial charge in [-0.2, -0.15) is 0 Å². The molecule has 2 N–H and O–H groups in total. The van der Waals surface area contributed by atoms with Gasteiger partial charge in [0.2, 0.25) is 11.8 Å². The first kappa shape index (κ1) is 12.0. The third-order valence-corrected chi connectivity index (χ3v) is 5.38. The first-order valence-electron chi connectivity index (χ1n) is 7.20. The van der Waals surface area contributed by atoms with Crippen LogP contribution in [0.2, 0.25) is 0 Å². The molecule has 1 saturated heterocycles. The SMILES string of the molecule is CC1C(C)C2C(=O)NC3CCCCC3NC(=O)C12. The molecule has 1 aliphatic heterocycles. The van der Waals surface area contributed by atoms with Crippen LogP contribution in [-0.4, -0.2) is 23.9 Å². The van der Waals surface area contributed by atoms with Crippen LogP contribution in [0.3, 0.4) is 0 Å². The Balaban J connectivity index is 1.83. The number of rotatable bonds is 0. The summed E-state index contributed by atoms with van der Waals surface area (Å²) in [5.41, 5.74) is 0. The van der Waals surface area contributed by atoms with Crippen molar-refractivity contribution in [1.82, 2.24) is 10.6 Å². The van der Waals surface area contributed by atoms with Gasteiger partial charge in [-0.3, -0.25) is 9.59 Å². The highest BCUT2D eigenvalue weighted by Crippen LogP contribution is 2.46. The molecule has 0 aromatic carbocycles. The molecule has 4 heteroatoms. The van der Waals surface area contributed by atoms with Crippen LogP contribution in [0.25, 0.3) is 0 Å². The number of nitrogens with one attached hydrogen (secondary N) is 2. The molecule has 0 bridgehead atoms. The average Bonchev–Trinajstić information content (AvgIpc) is 2.34. The second kappa shape index (κ2) is 4.25. The number of hydrogen-bond donors (Lipinski definition) is 2. The fourth-order valence-electron chi connectivity index (χ4n) is 4.00. The Morgan fingerprint density at radius 2 is 1.22 bits per heavy atom. The third kappa shape index (κ3) is 1.65. The van der Waals surface area contributed by atoms with Gasteiger partial charge in [-0.1, -0.05) is 26.7 Å². The molecular formula is C14H22N2O2. The van der Waals surface area contributed by atoms with Gasteiger partial charge in [0.05, 0.1) is 11.8 Å². The minimum atomic E-state index is -0.108. The van der Waals surface area contributed by atoms with Crippen LogP contribution in [0.15, 0.2) is 0 Å².